The lowest BCUT2D eigenvalue weighted by atomic mass is 10.1. The Labute approximate surface area is 83.4 Å². The number of rotatable bonds is 9. The van der Waals surface area contributed by atoms with E-state index in [-0.39, 0.29) is 0 Å². The van der Waals surface area contributed by atoms with Gasteiger partial charge in [-0.2, -0.15) is 0 Å². The van der Waals surface area contributed by atoms with E-state index in [2.05, 4.69) is 13.0 Å². The Kier molecular flexibility index (Phi) is 11.1. The van der Waals surface area contributed by atoms with Crippen LogP contribution in [0.5, 0.6) is 0 Å². The Morgan fingerprint density at radius 1 is 0.846 bits per heavy atom. The molecule has 0 aliphatic carbocycles. The summed E-state index contributed by atoms with van der Waals surface area (Å²) in [4.78, 5) is 0. The lowest BCUT2D eigenvalue weighted by Crippen LogP contribution is -1.81. The van der Waals surface area contributed by atoms with E-state index in [0.717, 1.165) is 6.42 Å². The Balaban J connectivity index is 2.83. The molecule has 0 rings (SSSR count). The average Bonchev–Trinajstić information content (AvgIpc) is 2.16. The van der Waals surface area contributed by atoms with Crippen molar-refractivity contribution in [3.05, 3.63) is 12.3 Å². The van der Waals surface area contributed by atoms with Crippen LogP contribution >= 0.6 is 0 Å². The van der Waals surface area contributed by atoms with Gasteiger partial charge >= 0.3 is 0 Å². The third kappa shape index (κ3) is 11.5. The van der Waals surface area contributed by atoms with Gasteiger partial charge in [-0.15, -0.1) is 0 Å². The Hall–Kier alpha value is -0.460. The van der Waals surface area contributed by atoms with Crippen LogP contribution in [0.3, 0.4) is 0 Å². The van der Waals surface area contributed by atoms with E-state index in [9.17, 15) is 0 Å². The molecule has 0 aliphatic heterocycles. The first-order valence-corrected chi connectivity index (χ1v) is 5.78. The molecule has 13 heavy (non-hydrogen) atoms. The maximum atomic E-state index is 5.24. The lowest BCUT2D eigenvalue weighted by Gasteiger charge is -1.99. The fourth-order valence-corrected chi connectivity index (χ4v) is 1.49. The maximum Gasteiger partial charge on any atom is -0.0103 e. The molecule has 2 N–H and O–H groups in total. The molecule has 0 aliphatic rings. The SMILES string of the molecule is CCCCCCCCCCC=CN. The highest BCUT2D eigenvalue weighted by Gasteiger charge is 1.89. The molecule has 0 amide bonds. The van der Waals surface area contributed by atoms with E-state index < -0.39 is 0 Å². The molecule has 0 unspecified atom stereocenters. The summed E-state index contributed by atoms with van der Waals surface area (Å²) in [5, 5.41) is 0. The minimum absolute atomic E-state index is 1.16. The van der Waals surface area contributed by atoms with E-state index in [1.807, 2.05) is 0 Å². The molecule has 1 nitrogen and oxygen atoms in total. The lowest BCUT2D eigenvalue weighted by molar-refractivity contribution is 0.577. The molecule has 1 heteroatoms. The van der Waals surface area contributed by atoms with E-state index >= 15 is 0 Å². The molecule has 0 saturated heterocycles. The number of nitrogens with two attached hydrogens (primary N) is 1. The van der Waals surface area contributed by atoms with Crippen molar-refractivity contribution < 1.29 is 0 Å². The average molecular weight is 183 g/mol. The number of unbranched alkanes of at least 4 members (excludes halogenated alkanes) is 8. The Morgan fingerprint density at radius 2 is 1.38 bits per heavy atom. The highest BCUT2D eigenvalue weighted by atomic mass is 14.5. The molecule has 78 valence electrons. The number of hydrogen-bond acceptors (Lipinski definition) is 1. The van der Waals surface area contributed by atoms with E-state index in [1.165, 1.54) is 51.4 Å². The van der Waals surface area contributed by atoms with Crippen LogP contribution in [0, 0.1) is 0 Å². The van der Waals surface area contributed by atoms with Gasteiger partial charge in [0.2, 0.25) is 0 Å². The molecule has 0 atom stereocenters. The second-order valence-electron chi connectivity index (χ2n) is 3.69. The van der Waals surface area contributed by atoms with Crippen LogP contribution in [0.2, 0.25) is 0 Å². The van der Waals surface area contributed by atoms with Gasteiger partial charge in [0.25, 0.3) is 0 Å². The standard InChI is InChI=1S/C12H25N/c1-2-3-4-5-6-7-8-9-10-11-12-13/h11-12H,2-10,13H2,1H3. The quantitative estimate of drug-likeness (QED) is 0.537. The molecule has 0 spiro atoms. The molecule has 0 aromatic heterocycles. The van der Waals surface area contributed by atoms with Gasteiger partial charge in [0.05, 0.1) is 0 Å². The van der Waals surface area contributed by atoms with Gasteiger partial charge in [0.15, 0.2) is 0 Å². The summed E-state index contributed by atoms with van der Waals surface area (Å²) >= 11 is 0. The van der Waals surface area contributed by atoms with Crippen molar-refractivity contribution in [3.63, 3.8) is 0 Å². The molecule has 0 aromatic carbocycles. The van der Waals surface area contributed by atoms with Crippen molar-refractivity contribution in [3.8, 4) is 0 Å². The van der Waals surface area contributed by atoms with Gasteiger partial charge in [0, 0.05) is 0 Å². The topological polar surface area (TPSA) is 26.0 Å². The minimum atomic E-state index is 1.16. The molecule has 0 heterocycles. The van der Waals surface area contributed by atoms with Crippen LogP contribution in [-0.2, 0) is 0 Å². The summed E-state index contributed by atoms with van der Waals surface area (Å²) in [5.74, 6) is 0. The zero-order chi connectivity index (χ0) is 9.78. The van der Waals surface area contributed by atoms with Gasteiger partial charge in [-0.1, -0.05) is 57.9 Å². The molecule has 0 fully saturated rings. The van der Waals surface area contributed by atoms with E-state index in [1.54, 1.807) is 6.20 Å². The van der Waals surface area contributed by atoms with Gasteiger partial charge < -0.3 is 5.73 Å². The Morgan fingerprint density at radius 3 is 1.92 bits per heavy atom. The first-order chi connectivity index (χ1) is 6.41. The van der Waals surface area contributed by atoms with Crippen LogP contribution < -0.4 is 5.73 Å². The van der Waals surface area contributed by atoms with Crippen LogP contribution in [-0.4, -0.2) is 0 Å². The summed E-state index contributed by atoms with van der Waals surface area (Å²) in [5.41, 5.74) is 5.24. The zero-order valence-corrected chi connectivity index (χ0v) is 9.10. The number of allylic oxidation sites excluding steroid dienone is 1. The predicted molar refractivity (Wildman–Crippen MR) is 60.6 cm³/mol. The van der Waals surface area contributed by atoms with Crippen molar-refractivity contribution in [2.45, 2.75) is 64.7 Å². The second kappa shape index (κ2) is 11.5. The summed E-state index contributed by atoms with van der Waals surface area (Å²) in [7, 11) is 0. The van der Waals surface area contributed by atoms with Gasteiger partial charge in [-0.05, 0) is 19.0 Å². The highest BCUT2D eigenvalue weighted by Crippen LogP contribution is 2.09. The summed E-state index contributed by atoms with van der Waals surface area (Å²) in [6.45, 7) is 2.26. The largest absolute Gasteiger partial charge is 0.405 e. The maximum absolute atomic E-state index is 5.24. The first kappa shape index (κ1) is 12.5. The fourth-order valence-electron chi connectivity index (χ4n) is 1.49. The third-order valence-electron chi connectivity index (χ3n) is 2.36. The summed E-state index contributed by atoms with van der Waals surface area (Å²) < 4.78 is 0. The van der Waals surface area contributed by atoms with E-state index in [0.29, 0.717) is 0 Å². The first-order valence-electron chi connectivity index (χ1n) is 5.78. The van der Waals surface area contributed by atoms with Crippen LogP contribution in [0.15, 0.2) is 12.3 Å². The molecule has 0 aromatic rings. The van der Waals surface area contributed by atoms with Gasteiger partial charge in [0.1, 0.15) is 0 Å². The second-order valence-corrected chi connectivity index (χ2v) is 3.69. The fraction of sp³-hybridized carbons (Fsp3) is 0.833. The van der Waals surface area contributed by atoms with Crippen molar-refractivity contribution in [1.82, 2.24) is 0 Å². The summed E-state index contributed by atoms with van der Waals surface area (Å²) in [6, 6.07) is 0. The third-order valence-corrected chi connectivity index (χ3v) is 2.36. The van der Waals surface area contributed by atoms with Gasteiger partial charge in [-0.3, -0.25) is 0 Å². The van der Waals surface area contributed by atoms with Gasteiger partial charge in [-0.25, -0.2) is 0 Å². The van der Waals surface area contributed by atoms with Crippen molar-refractivity contribution in [1.29, 1.82) is 0 Å². The van der Waals surface area contributed by atoms with Crippen LogP contribution in [0.1, 0.15) is 64.7 Å². The van der Waals surface area contributed by atoms with Crippen molar-refractivity contribution in [2.75, 3.05) is 0 Å². The highest BCUT2D eigenvalue weighted by molar-refractivity contribution is 4.74. The van der Waals surface area contributed by atoms with Crippen molar-refractivity contribution >= 4 is 0 Å². The summed E-state index contributed by atoms with van der Waals surface area (Å²) in [6.07, 6.45) is 16.0. The molecule has 0 radical (unpaired) electrons. The van der Waals surface area contributed by atoms with E-state index in [4.69, 9.17) is 5.73 Å². The zero-order valence-electron chi connectivity index (χ0n) is 9.10. The molecule has 0 bridgehead atoms. The number of hydrogen-bond donors (Lipinski definition) is 1. The monoisotopic (exact) mass is 183 g/mol. The minimum Gasteiger partial charge on any atom is -0.405 e. The normalized spacial score (nSPS) is 11.2. The smallest absolute Gasteiger partial charge is 0.0103 e. The molecular formula is C12H25N. The van der Waals surface area contributed by atoms with Crippen LogP contribution in [0.25, 0.3) is 0 Å². The Bertz CT molecular complexity index is 108. The van der Waals surface area contributed by atoms with Crippen molar-refractivity contribution in [2.24, 2.45) is 5.73 Å². The predicted octanol–water partition coefficient (Wildman–Crippen LogP) is 3.99. The molecular weight excluding hydrogens is 158 g/mol. The molecule has 0 saturated carbocycles. The van der Waals surface area contributed by atoms with Crippen LogP contribution in [0.4, 0.5) is 0 Å².